The van der Waals surface area contributed by atoms with E-state index in [1.54, 1.807) is 30.3 Å². The number of amides is 1. The summed E-state index contributed by atoms with van der Waals surface area (Å²) in [6.07, 6.45) is 3.70. The Morgan fingerprint density at radius 1 is 1.15 bits per heavy atom. The number of hydrogen-bond acceptors (Lipinski definition) is 5. The molecule has 3 N–H and O–H groups in total. The van der Waals surface area contributed by atoms with Crippen LogP contribution in [0.4, 0.5) is 0 Å². The number of rotatable bonds is 14. The lowest BCUT2D eigenvalue weighted by molar-refractivity contribution is -0.140. The third-order valence-corrected chi connectivity index (χ3v) is 5.54. The molecule has 0 aliphatic carbocycles. The van der Waals surface area contributed by atoms with Gasteiger partial charge in [-0.05, 0) is 48.3 Å². The normalized spacial score (nSPS) is 13.4. The fourth-order valence-electron chi connectivity index (χ4n) is 3.69. The Hall–Kier alpha value is -2.47. The van der Waals surface area contributed by atoms with Crippen molar-refractivity contribution in [1.82, 2.24) is 4.90 Å². The van der Waals surface area contributed by atoms with Crippen LogP contribution in [0.5, 0.6) is 5.75 Å². The van der Waals surface area contributed by atoms with Crippen LogP contribution >= 0.6 is 0 Å². The van der Waals surface area contributed by atoms with Crippen LogP contribution in [-0.2, 0) is 20.8 Å². The number of aromatic hydroxyl groups is 1. The van der Waals surface area contributed by atoms with E-state index >= 15 is 0 Å². The molecule has 1 aromatic carbocycles. The molecule has 0 aliphatic heterocycles. The molecule has 0 saturated heterocycles. The number of carbonyl (C=O) groups is 3. The van der Waals surface area contributed by atoms with Crippen LogP contribution in [0, 0.1) is 17.3 Å². The van der Waals surface area contributed by atoms with Gasteiger partial charge < -0.3 is 15.7 Å². The van der Waals surface area contributed by atoms with Crippen molar-refractivity contribution >= 4 is 17.5 Å². The van der Waals surface area contributed by atoms with E-state index in [1.807, 2.05) is 13.8 Å². The Balaban J connectivity index is 2.87. The van der Waals surface area contributed by atoms with Gasteiger partial charge in [-0.1, -0.05) is 52.8 Å². The van der Waals surface area contributed by atoms with Crippen molar-refractivity contribution < 1.29 is 19.5 Å². The second-order valence-electron chi connectivity index (χ2n) is 10.6. The molecule has 6 nitrogen and oxygen atoms in total. The average Bonchev–Trinajstić information content (AvgIpc) is 2.71. The zero-order valence-electron chi connectivity index (χ0n) is 21.0. The number of Topliss-reactive ketones (excluding diaryl/α,β-unsaturated/α-hetero) is 2. The zero-order chi connectivity index (χ0) is 25.2. The number of ketones is 2. The first-order valence-electron chi connectivity index (χ1n) is 11.8. The molecule has 0 spiro atoms. The second kappa shape index (κ2) is 13.3. The molecule has 1 aromatic rings. The van der Waals surface area contributed by atoms with E-state index in [0.717, 1.165) is 12.0 Å². The largest absolute Gasteiger partial charge is 0.508 e. The Bertz CT molecular complexity index is 793. The number of hydrogen-bond donors (Lipinski definition) is 2. The van der Waals surface area contributed by atoms with E-state index in [4.69, 9.17) is 5.73 Å². The highest BCUT2D eigenvalue weighted by Crippen LogP contribution is 2.23. The Morgan fingerprint density at radius 2 is 1.76 bits per heavy atom. The monoisotopic (exact) mass is 458 g/mol. The van der Waals surface area contributed by atoms with Gasteiger partial charge in [0.15, 0.2) is 11.6 Å². The first kappa shape index (κ1) is 28.6. The highest BCUT2D eigenvalue weighted by atomic mass is 16.3. The molecule has 0 unspecified atom stereocenters. The van der Waals surface area contributed by atoms with Crippen molar-refractivity contribution in [3.05, 3.63) is 42.5 Å². The van der Waals surface area contributed by atoms with Gasteiger partial charge in [-0.25, -0.2) is 0 Å². The minimum absolute atomic E-state index is 0.0128. The Morgan fingerprint density at radius 3 is 2.27 bits per heavy atom. The van der Waals surface area contributed by atoms with Gasteiger partial charge in [0.1, 0.15) is 5.75 Å². The lowest BCUT2D eigenvalue weighted by atomic mass is 9.88. The van der Waals surface area contributed by atoms with Gasteiger partial charge in [0.2, 0.25) is 5.91 Å². The number of nitrogens with zero attached hydrogens (tertiary/aromatic N) is 1. The third-order valence-electron chi connectivity index (χ3n) is 5.54. The summed E-state index contributed by atoms with van der Waals surface area (Å²) in [5, 5.41) is 9.42. The van der Waals surface area contributed by atoms with Crippen molar-refractivity contribution in [2.24, 2.45) is 23.0 Å². The standard InChI is InChI=1S/C27H42N2O4/c1-7-14-29(18-23(31)12-13-27(4,5)6)26(33)21(15-19(2)3)17-25(32)24(28)16-20-8-10-22(30)11-9-20/h7-11,19,21,24,30H,1,12-18,28H2,2-6H3/t21-,24-/m0/s1. The average molecular weight is 459 g/mol. The van der Waals surface area contributed by atoms with E-state index in [1.165, 1.54) is 4.90 Å². The molecule has 33 heavy (non-hydrogen) atoms. The number of nitrogens with two attached hydrogens (primary N) is 1. The van der Waals surface area contributed by atoms with Gasteiger partial charge in [-0.2, -0.15) is 0 Å². The Labute approximate surface area is 199 Å². The highest BCUT2D eigenvalue weighted by Gasteiger charge is 2.30. The van der Waals surface area contributed by atoms with Crippen molar-refractivity contribution in [3.63, 3.8) is 0 Å². The summed E-state index contributed by atoms with van der Waals surface area (Å²) in [5.74, 6) is -0.530. The van der Waals surface area contributed by atoms with Gasteiger partial charge in [0.25, 0.3) is 0 Å². The van der Waals surface area contributed by atoms with Crippen molar-refractivity contribution in [2.75, 3.05) is 13.1 Å². The number of carbonyl (C=O) groups excluding carboxylic acids is 3. The molecule has 0 bridgehead atoms. The first-order chi connectivity index (χ1) is 15.3. The molecular weight excluding hydrogens is 416 g/mol. The number of phenols is 1. The third kappa shape index (κ3) is 11.3. The van der Waals surface area contributed by atoms with Crippen LogP contribution < -0.4 is 5.73 Å². The van der Waals surface area contributed by atoms with E-state index in [9.17, 15) is 19.5 Å². The van der Waals surface area contributed by atoms with Crippen LogP contribution in [0.2, 0.25) is 0 Å². The minimum atomic E-state index is -0.738. The molecule has 0 fully saturated rings. The molecule has 184 valence electrons. The maximum absolute atomic E-state index is 13.4. The van der Waals surface area contributed by atoms with Crippen molar-refractivity contribution in [3.8, 4) is 5.75 Å². The second-order valence-corrected chi connectivity index (χ2v) is 10.6. The number of benzene rings is 1. The van der Waals surface area contributed by atoms with Gasteiger partial charge in [-0.3, -0.25) is 14.4 Å². The molecule has 0 aliphatic rings. The topological polar surface area (TPSA) is 101 Å². The lowest BCUT2D eigenvalue weighted by Gasteiger charge is -2.28. The number of phenolic OH excluding ortho intramolecular Hbond substituents is 1. The summed E-state index contributed by atoms with van der Waals surface area (Å²) in [6.45, 7) is 14.3. The molecule has 0 heterocycles. The maximum Gasteiger partial charge on any atom is 0.226 e. The van der Waals surface area contributed by atoms with Gasteiger partial charge in [0.05, 0.1) is 12.6 Å². The first-order valence-corrected chi connectivity index (χ1v) is 11.8. The maximum atomic E-state index is 13.4. The molecule has 0 aromatic heterocycles. The summed E-state index contributed by atoms with van der Waals surface area (Å²) in [5.41, 5.74) is 7.05. The molecule has 1 rings (SSSR count). The van der Waals surface area contributed by atoms with Crippen molar-refractivity contribution in [1.29, 1.82) is 0 Å². The molecular formula is C27H42N2O4. The van der Waals surface area contributed by atoms with Gasteiger partial charge in [0, 0.05) is 25.3 Å². The summed E-state index contributed by atoms with van der Waals surface area (Å²) in [4.78, 5) is 40.3. The minimum Gasteiger partial charge on any atom is -0.508 e. The summed E-state index contributed by atoms with van der Waals surface area (Å²) >= 11 is 0. The van der Waals surface area contributed by atoms with Crippen LogP contribution in [0.25, 0.3) is 0 Å². The molecule has 1 amide bonds. The predicted octanol–water partition coefficient (Wildman–Crippen LogP) is 4.29. The Kier molecular flexibility index (Phi) is 11.5. The van der Waals surface area contributed by atoms with Crippen LogP contribution in [0.3, 0.4) is 0 Å². The van der Waals surface area contributed by atoms with Crippen LogP contribution in [0.15, 0.2) is 36.9 Å². The summed E-state index contributed by atoms with van der Waals surface area (Å²) in [6, 6.07) is 5.84. The smallest absolute Gasteiger partial charge is 0.226 e. The van der Waals surface area contributed by atoms with E-state index in [0.29, 0.717) is 19.3 Å². The van der Waals surface area contributed by atoms with Crippen LogP contribution in [-0.4, -0.2) is 46.6 Å². The van der Waals surface area contributed by atoms with Crippen LogP contribution in [0.1, 0.15) is 65.9 Å². The zero-order valence-corrected chi connectivity index (χ0v) is 21.0. The molecule has 2 atom stereocenters. The quantitative estimate of drug-likeness (QED) is 0.405. The van der Waals surface area contributed by atoms with Gasteiger partial charge in [-0.15, -0.1) is 6.58 Å². The summed E-state index contributed by atoms with van der Waals surface area (Å²) in [7, 11) is 0. The summed E-state index contributed by atoms with van der Waals surface area (Å²) < 4.78 is 0. The van der Waals surface area contributed by atoms with E-state index < -0.39 is 12.0 Å². The fraction of sp³-hybridized carbons (Fsp3) is 0.593. The van der Waals surface area contributed by atoms with E-state index in [-0.39, 0.29) is 54.1 Å². The SMILES string of the molecule is C=CCN(CC(=O)CCC(C)(C)C)C(=O)[C@H](CC(=O)[C@@H](N)Cc1ccc(O)cc1)CC(C)C. The fourth-order valence-corrected chi connectivity index (χ4v) is 3.69. The molecule has 6 heteroatoms. The molecule has 0 saturated carbocycles. The molecule has 0 radical (unpaired) electrons. The predicted molar refractivity (Wildman–Crippen MR) is 133 cm³/mol. The van der Waals surface area contributed by atoms with Gasteiger partial charge >= 0.3 is 0 Å². The lowest BCUT2D eigenvalue weighted by Crippen LogP contribution is -2.42. The highest BCUT2D eigenvalue weighted by molar-refractivity contribution is 5.92. The van der Waals surface area contributed by atoms with E-state index in [2.05, 4.69) is 27.4 Å². The van der Waals surface area contributed by atoms with Crippen molar-refractivity contribution in [2.45, 2.75) is 72.8 Å².